The van der Waals surface area contributed by atoms with Crippen molar-refractivity contribution in [3.05, 3.63) is 70.2 Å². The minimum Gasteiger partial charge on any atom is -0.465 e. The van der Waals surface area contributed by atoms with Gasteiger partial charge in [0.25, 0.3) is 0 Å². The molecule has 0 unspecified atom stereocenters. The molecule has 2 aromatic rings. The Balaban J connectivity index is 2.24. The molecule has 0 atom stereocenters. The Morgan fingerprint density at radius 2 is 1.76 bits per heavy atom. The predicted molar refractivity (Wildman–Crippen MR) is 93.7 cm³/mol. The molecule has 25 heavy (non-hydrogen) atoms. The van der Waals surface area contributed by atoms with E-state index in [1.54, 1.807) is 18.2 Å². The Morgan fingerprint density at radius 3 is 2.28 bits per heavy atom. The Bertz CT molecular complexity index is 944. The third-order valence-corrected chi connectivity index (χ3v) is 5.13. The molecule has 0 saturated carbocycles. The second-order valence-corrected chi connectivity index (χ2v) is 7.15. The van der Waals surface area contributed by atoms with E-state index in [1.807, 2.05) is 0 Å². The summed E-state index contributed by atoms with van der Waals surface area (Å²) in [7, 11) is -2.68. The normalized spacial score (nSPS) is 11.5. The quantitative estimate of drug-likeness (QED) is 0.634. The number of esters is 1. The van der Waals surface area contributed by atoms with Gasteiger partial charge in [-0.3, -0.25) is 0 Å². The van der Waals surface area contributed by atoms with E-state index in [0.29, 0.717) is 16.3 Å². The molecule has 0 aliphatic heterocycles. The van der Waals surface area contributed by atoms with Gasteiger partial charge >= 0.3 is 5.97 Å². The van der Waals surface area contributed by atoms with Gasteiger partial charge in [0.2, 0.25) is 9.84 Å². The van der Waals surface area contributed by atoms with Crippen molar-refractivity contribution in [2.45, 2.75) is 4.90 Å². The van der Waals surface area contributed by atoms with Crippen LogP contribution in [0.2, 0.25) is 5.02 Å². The molecule has 0 aliphatic rings. The Morgan fingerprint density at radius 1 is 1.16 bits per heavy atom. The second kappa shape index (κ2) is 7.83. The first-order valence-corrected chi connectivity index (χ1v) is 8.80. The molecule has 0 amide bonds. The second-order valence-electron chi connectivity index (χ2n) is 4.79. The Labute approximate surface area is 150 Å². The van der Waals surface area contributed by atoms with Crippen molar-refractivity contribution < 1.29 is 17.9 Å². The van der Waals surface area contributed by atoms with Gasteiger partial charge in [-0.15, -0.1) is 0 Å². The van der Waals surface area contributed by atoms with Crippen LogP contribution >= 0.6 is 11.6 Å². The van der Waals surface area contributed by atoms with Crippen molar-refractivity contribution in [2.75, 3.05) is 12.4 Å². The highest BCUT2D eigenvalue weighted by Crippen LogP contribution is 2.21. The van der Waals surface area contributed by atoms with Crippen molar-refractivity contribution in [3.8, 4) is 6.07 Å². The van der Waals surface area contributed by atoms with E-state index in [2.05, 4.69) is 10.1 Å². The third-order valence-electron chi connectivity index (χ3n) is 3.20. The number of methoxy groups -OCH3 is 1. The van der Waals surface area contributed by atoms with E-state index < -0.39 is 20.7 Å². The van der Waals surface area contributed by atoms with Crippen LogP contribution in [-0.2, 0) is 14.6 Å². The molecule has 0 aliphatic carbocycles. The van der Waals surface area contributed by atoms with E-state index >= 15 is 0 Å². The molecule has 1 N–H and O–H groups in total. The minimum absolute atomic E-state index is 0.0347. The maximum atomic E-state index is 12.4. The highest BCUT2D eigenvalue weighted by Gasteiger charge is 2.20. The fourth-order valence-corrected chi connectivity index (χ4v) is 3.09. The number of carbonyl (C=O) groups is 1. The summed E-state index contributed by atoms with van der Waals surface area (Å²) >= 11 is 5.74. The summed E-state index contributed by atoms with van der Waals surface area (Å²) in [6.45, 7) is 0. The van der Waals surface area contributed by atoms with Crippen LogP contribution in [0.15, 0.2) is 64.5 Å². The van der Waals surface area contributed by atoms with Crippen molar-refractivity contribution in [1.29, 1.82) is 5.26 Å². The fraction of sp³-hybridized carbons (Fsp3) is 0.0588. The first-order chi connectivity index (χ1) is 11.9. The number of nitriles is 1. The van der Waals surface area contributed by atoms with Crippen LogP contribution in [0.5, 0.6) is 0 Å². The van der Waals surface area contributed by atoms with Crippen LogP contribution in [0.3, 0.4) is 0 Å². The zero-order valence-electron chi connectivity index (χ0n) is 13.1. The summed E-state index contributed by atoms with van der Waals surface area (Å²) in [5, 5.41) is 12.3. The van der Waals surface area contributed by atoms with E-state index in [-0.39, 0.29) is 4.90 Å². The van der Waals surface area contributed by atoms with Gasteiger partial charge in [0.1, 0.15) is 6.07 Å². The molecule has 8 heteroatoms. The van der Waals surface area contributed by atoms with Gasteiger partial charge in [0, 0.05) is 16.9 Å². The van der Waals surface area contributed by atoms with Crippen molar-refractivity contribution in [3.63, 3.8) is 0 Å². The lowest BCUT2D eigenvalue weighted by Gasteiger charge is -2.05. The molecule has 6 nitrogen and oxygen atoms in total. The number of allylic oxidation sites excluding steroid dienone is 1. The lowest BCUT2D eigenvalue weighted by atomic mass is 10.2. The number of sulfone groups is 1. The van der Waals surface area contributed by atoms with Gasteiger partial charge in [0.15, 0.2) is 4.91 Å². The number of nitrogens with zero attached hydrogens (tertiary/aromatic N) is 1. The molecular weight excluding hydrogens is 364 g/mol. The lowest BCUT2D eigenvalue weighted by molar-refractivity contribution is 0.0601. The van der Waals surface area contributed by atoms with Crippen LogP contribution in [-0.4, -0.2) is 21.5 Å². The maximum Gasteiger partial charge on any atom is 0.337 e. The molecular formula is C17H13ClN2O4S. The van der Waals surface area contributed by atoms with Gasteiger partial charge in [0.05, 0.1) is 17.6 Å². The van der Waals surface area contributed by atoms with Gasteiger partial charge < -0.3 is 10.1 Å². The lowest BCUT2D eigenvalue weighted by Crippen LogP contribution is -2.06. The van der Waals surface area contributed by atoms with Gasteiger partial charge in [-0.1, -0.05) is 11.6 Å². The topological polar surface area (TPSA) is 96.3 Å². The monoisotopic (exact) mass is 376 g/mol. The summed E-state index contributed by atoms with van der Waals surface area (Å²) in [6.07, 6.45) is 1.09. The Kier molecular flexibility index (Phi) is 5.80. The number of nitrogens with one attached hydrogen (secondary N) is 1. The Hall–Kier alpha value is -2.82. The van der Waals surface area contributed by atoms with Gasteiger partial charge in [-0.2, -0.15) is 5.26 Å². The standard InChI is InChI=1S/C17H13ClN2O4S/c1-24-17(21)12-2-6-14(7-3-12)20-11-16(10-19)25(22,23)15-8-4-13(18)5-9-15/h2-9,11,20H,1H3. The summed E-state index contributed by atoms with van der Waals surface area (Å²) < 4.78 is 29.5. The molecule has 0 bridgehead atoms. The minimum atomic E-state index is -3.96. The highest BCUT2D eigenvalue weighted by molar-refractivity contribution is 7.95. The van der Waals surface area contributed by atoms with E-state index in [9.17, 15) is 18.5 Å². The van der Waals surface area contributed by atoms with E-state index in [1.165, 1.54) is 43.5 Å². The first kappa shape index (κ1) is 18.5. The number of benzene rings is 2. The van der Waals surface area contributed by atoms with Crippen LogP contribution in [0.4, 0.5) is 5.69 Å². The molecule has 0 fully saturated rings. The van der Waals surface area contributed by atoms with Crippen molar-refractivity contribution in [1.82, 2.24) is 0 Å². The molecule has 128 valence electrons. The number of halogens is 1. The first-order valence-electron chi connectivity index (χ1n) is 6.94. The third kappa shape index (κ3) is 4.38. The summed E-state index contributed by atoms with van der Waals surface area (Å²) in [5.74, 6) is -0.481. The van der Waals surface area contributed by atoms with Gasteiger partial charge in [-0.05, 0) is 48.5 Å². The van der Waals surface area contributed by atoms with Crippen molar-refractivity contribution in [2.24, 2.45) is 0 Å². The zero-order chi connectivity index (χ0) is 18.4. The van der Waals surface area contributed by atoms with Crippen LogP contribution in [0, 0.1) is 11.3 Å². The number of carbonyl (C=O) groups excluding carboxylic acids is 1. The van der Waals surface area contributed by atoms with E-state index in [4.69, 9.17) is 11.6 Å². The molecule has 2 aromatic carbocycles. The molecule has 0 heterocycles. The SMILES string of the molecule is COC(=O)c1ccc(NC=C(C#N)S(=O)(=O)c2ccc(Cl)cc2)cc1. The largest absolute Gasteiger partial charge is 0.465 e. The highest BCUT2D eigenvalue weighted by atomic mass is 35.5. The van der Waals surface area contributed by atoms with Gasteiger partial charge in [-0.25, -0.2) is 13.2 Å². The summed E-state index contributed by atoms with van der Waals surface area (Å²) in [4.78, 5) is 10.9. The molecule has 0 aromatic heterocycles. The molecule has 0 spiro atoms. The van der Waals surface area contributed by atoms with Crippen LogP contribution in [0.1, 0.15) is 10.4 Å². The number of rotatable bonds is 5. The number of anilines is 1. The van der Waals surface area contributed by atoms with Crippen LogP contribution in [0.25, 0.3) is 0 Å². The number of hydrogen-bond donors (Lipinski definition) is 1. The average molecular weight is 377 g/mol. The molecule has 0 saturated heterocycles. The van der Waals surface area contributed by atoms with E-state index in [0.717, 1.165) is 6.20 Å². The number of ether oxygens (including phenoxy) is 1. The smallest absolute Gasteiger partial charge is 0.337 e. The predicted octanol–water partition coefficient (Wildman–Crippen LogP) is 3.38. The summed E-state index contributed by atoms with van der Waals surface area (Å²) in [6, 6.07) is 13.3. The zero-order valence-corrected chi connectivity index (χ0v) is 14.6. The fourth-order valence-electron chi connectivity index (χ4n) is 1.88. The molecule has 0 radical (unpaired) electrons. The van der Waals surface area contributed by atoms with Crippen LogP contribution < -0.4 is 5.32 Å². The average Bonchev–Trinajstić information content (AvgIpc) is 2.62. The summed E-state index contributed by atoms with van der Waals surface area (Å²) in [5.41, 5.74) is 0.859. The molecule has 2 rings (SSSR count). The maximum absolute atomic E-state index is 12.4. The number of hydrogen-bond acceptors (Lipinski definition) is 6. The van der Waals surface area contributed by atoms with Crippen molar-refractivity contribution >= 4 is 33.1 Å².